The Morgan fingerprint density at radius 1 is 1.40 bits per heavy atom. The van der Waals surface area contributed by atoms with Crippen molar-refractivity contribution in [3.63, 3.8) is 0 Å². The number of methoxy groups -OCH3 is 1. The fraction of sp³-hybridized carbons (Fsp3) is 0.800. The van der Waals surface area contributed by atoms with Crippen molar-refractivity contribution in [1.82, 2.24) is 4.98 Å². The molecule has 0 aromatic carbocycles. The highest BCUT2D eigenvalue weighted by atomic mass is 32.1. The highest BCUT2D eigenvalue weighted by molar-refractivity contribution is 7.15. The summed E-state index contributed by atoms with van der Waals surface area (Å²) in [6, 6.07) is 0.536. The van der Waals surface area contributed by atoms with Crippen LogP contribution in [0.4, 0.5) is 5.13 Å². The van der Waals surface area contributed by atoms with E-state index < -0.39 is 0 Å². The van der Waals surface area contributed by atoms with Gasteiger partial charge in [0.25, 0.3) is 0 Å². The van der Waals surface area contributed by atoms with E-state index in [-0.39, 0.29) is 0 Å². The number of thiazole rings is 1. The van der Waals surface area contributed by atoms with Crippen LogP contribution in [0.2, 0.25) is 0 Å². The third kappa shape index (κ3) is 3.51. The number of rotatable bonds is 9. The van der Waals surface area contributed by atoms with Crippen LogP contribution in [0.25, 0.3) is 0 Å². The second-order valence-electron chi connectivity index (χ2n) is 5.44. The van der Waals surface area contributed by atoms with Crippen LogP contribution < -0.4 is 10.6 Å². The summed E-state index contributed by atoms with van der Waals surface area (Å²) >= 11 is 1.78. The molecule has 0 amide bonds. The minimum atomic E-state index is 0.536. The first-order chi connectivity index (χ1) is 9.74. The number of nitrogens with zero attached hydrogens (tertiary/aromatic N) is 2. The molecule has 1 aromatic rings. The SMILES string of the molecule is CCC(CC)N(CCOC)c1nc(C2CC2)c(CN)s1. The smallest absolute Gasteiger partial charge is 0.186 e. The zero-order valence-electron chi connectivity index (χ0n) is 12.9. The highest BCUT2D eigenvalue weighted by Gasteiger charge is 2.30. The van der Waals surface area contributed by atoms with Gasteiger partial charge in [0.15, 0.2) is 5.13 Å². The van der Waals surface area contributed by atoms with Gasteiger partial charge in [0, 0.05) is 37.0 Å². The molecule has 1 aliphatic carbocycles. The molecular weight excluding hydrogens is 270 g/mol. The van der Waals surface area contributed by atoms with E-state index >= 15 is 0 Å². The zero-order valence-corrected chi connectivity index (χ0v) is 13.7. The lowest BCUT2D eigenvalue weighted by Crippen LogP contribution is -2.37. The molecule has 1 heterocycles. The average molecular weight is 297 g/mol. The lowest BCUT2D eigenvalue weighted by Gasteiger charge is -2.30. The lowest BCUT2D eigenvalue weighted by molar-refractivity contribution is 0.202. The summed E-state index contributed by atoms with van der Waals surface area (Å²) in [4.78, 5) is 8.61. The van der Waals surface area contributed by atoms with Gasteiger partial charge in [-0.3, -0.25) is 0 Å². The Morgan fingerprint density at radius 2 is 2.10 bits per heavy atom. The lowest BCUT2D eigenvalue weighted by atomic mass is 10.1. The van der Waals surface area contributed by atoms with Crippen LogP contribution in [0.15, 0.2) is 0 Å². The van der Waals surface area contributed by atoms with Gasteiger partial charge in [-0.05, 0) is 25.7 Å². The van der Waals surface area contributed by atoms with E-state index in [1.54, 1.807) is 18.4 Å². The van der Waals surface area contributed by atoms with E-state index in [0.717, 1.165) is 31.1 Å². The molecule has 2 N–H and O–H groups in total. The molecule has 1 aromatic heterocycles. The fourth-order valence-electron chi connectivity index (χ4n) is 2.65. The normalized spacial score (nSPS) is 15.1. The Hall–Kier alpha value is -0.650. The van der Waals surface area contributed by atoms with Gasteiger partial charge < -0.3 is 15.4 Å². The molecule has 20 heavy (non-hydrogen) atoms. The number of hydrogen-bond donors (Lipinski definition) is 1. The van der Waals surface area contributed by atoms with E-state index in [1.165, 1.54) is 23.4 Å². The second kappa shape index (κ2) is 7.38. The average Bonchev–Trinajstić information content (AvgIpc) is 3.23. The summed E-state index contributed by atoms with van der Waals surface area (Å²) in [6.45, 7) is 6.75. The standard InChI is InChI=1S/C15H27N3OS/c1-4-12(5-2)18(8-9-19-3)15-17-14(11-6-7-11)13(10-16)20-15/h11-12H,4-10,16H2,1-3H3. The number of ether oxygens (including phenoxy) is 1. The molecule has 0 saturated heterocycles. The Balaban J connectivity index is 2.22. The minimum Gasteiger partial charge on any atom is -0.383 e. The fourth-order valence-corrected chi connectivity index (χ4v) is 3.77. The molecule has 0 radical (unpaired) electrons. The van der Waals surface area contributed by atoms with Gasteiger partial charge in [-0.25, -0.2) is 4.98 Å². The summed E-state index contributed by atoms with van der Waals surface area (Å²) < 4.78 is 5.27. The largest absolute Gasteiger partial charge is 0.383 e. The first-order valence-corrected chi connectivity index (χ1v) is 8.51. The van der Waals surface area contributed by atoms with Gasteiger partial charge in [0.2, 0.25) is 0 Å². The summed E-state index contributed by atoms with van der Waals surface area (Å²) in [6.07, 6.45) is 4.82. The monoisotopic (exact) mass is 297 g/mol. The van der Waals surface area contributed by atoms with Crippen LogP contribution in [0.1, 0.15) is 56.0 Å². The maximum Gasteiger partial charge on any atom is 0.186 e. The first-order valence-electron chi connectivity index (χ1n) is 7.70. The summed E-state index contributed by atoms with van der Waals surface area (Å²) in [5, 5.41) is 1.14. The van der Waals surface area contributed by atoms with Crippen molar-refractivity contribution in [3.05, 3.63) is 10.6 Å². The van der Waals surface area contributed by atoms with Crippen LogP contribution >= 0.6 is 11.3 Å². The van der Waals surface area contributed by atoms with E-state index in [0.29, 0.717) is 18.5 Å². The molecule has 1 fully saturated rings. The molecular formula is C15H27N3OS. The van der Waals surface area contributed by atoms with E-state index in [4.69, 9.17) is 15.5 Å². The van der Waals surface area contributed by atoms with Gasteiger partial charge >= 0.3 is 0 Å². The van der Waals surface area contributed by atoms with Crippen LogP contribution in [-0.2, 0) is 11.3 Å². The molecule has 1 aliphatic rings. The predicted molar refractivity (Wildman–Crippen MR) is 85.6 cm³/mol. The maximum absolute atomic E-state index is 5.90. The second-order valence-corrected chi connectivity index (χ2v) is 6.50. The molecule has 5 heteroatoms. The number of aromatic nitrogens is 1. The summed E-state index contributed by atoms with van der Waals surface area (Å²) in [5.74, 6) is 0.671. The third-order valence-electron chi connectivity index (χ3n) is 4.03. The Morgan fingerprint density at radius 3 is 2.60 bits per heavy atom. The summed E-state index contributed by atoms with van der Waals surface area (Å²) in [5.41, 5.74) is 7.16. The molecule has 0 bridgehead atoms. The van der Waals surface area contributed by atoms with Crippen molar-refractivity contribution in [2.45, 2.75) is 58.0 Å². The van der Waals surface area contributed by atoms with Crippen LogP contribution in [-0.4, -0.2) is 31.3 Å². The third-order valence-corrected chi connectivity index (χ3v) is 5.16. The van der Waals surface area contributed by atoms with Crippen LogP contribution in [0, 0.1) is 0 Å². The maximum atomic E-state index is 5.90. The molecule has 0 spiro atoms. The predicted octanol–water partition coefficient (Wildman–Crippen LogP) is 3.12. The van der Waals surface area contributed by atoms with Gasteiger partial charge in [-0.1, -0.05) is 13.8 Å². The molecule has 114 valence electrons. The van der Waals surface area contributed by atoms with Crippen LogP contribution in [0.3, 0.4) is 0 Å². The van der Waals surface area contributed by atoms with E-state index in [1.807, 2.05) is 0 Å². The molecule has 1 saturated carbocycles. The Bertz CT molecular complexity index is 413. The van der Waals surface area contributed by atoms with E-state index in [9.17, 15) is 0 Å². The van der Waals surface area contributed by atoms with Crippen molar-refractivity contribution in [2.24, 2.45) is 5.73 Å². The Labute approximate surface area is 126 Å². The van der Waals surface area contributed by atoms with Gasteiger partial charge in [0.1, 0.15) is 0 Å². The van der Waals surface area contributed by atoms with Crippen LogP contribution in [0.5, 0.6) is 0 Å². The number of nitrogens with two attached hydrogens (primary N) is 1. The molecule has 2 rings (SSSR count). The number of hydrogen-bond acceptors (Lipinski definition) is 5. The van der Waals surface area contributed by atoms with Crippen molar-refractivity contribution >= 4 is 16.5 Å². The number of anilines is 1. The van der Waals surface area contributed by atoms with Crippen molar-refractivity contribution in [1.29, 1.82) is 0 Å². The van der Waals surface area contributed by atoms with E-state index in [2.05, 4.69) is 18.7 Å². The molecule has 0 aliphatic heterocycles. The van der Waals surface area contributed by atoms with Crippen molar-refractivity contribution < 1.29 is 4.74 Å². The topological polar surface area (TPSA) is 51.4 Å². The minimum absolute atomic E-state index is 0.536. The zero-order chi connectivity index (χ0) is 14.5. The van der Waals surface area contributed by atoms with Gasteiger partial charge in [-0.15, -0.1) is 11.3 Å². The molecule has 0 unspecified atom stereocenters. The molecule has 4 nitrogen and oxygen atoms in total. The van der Waals surface area contributed by atoms with Gasteiger partial charge in [-0.2, -0.15) is 0 Å². The Kier molecular flexibility index (Phi) is 5.81. The molecule has 0 atom stereocenters. The summed E-state index contributed by atoms with van der Waals surface area (Å²) in [7, 11) is 1.76. The van der Waals surface area contributed by atoms with Crippen molar-refractivity contribution in [2.75, 3.05) is 25.2 Å². The quantitative estimate of drug-likeness (QED) is 0.761. The van der Waals surface area contributed by atoms with Gasteiger partial charge in [0.05, 0.1) is 12.3 Å². The first kappa shape index (κ1) is 15.7. The highest BCUT2D eigenvalue weighted by Crippen LogP contribution is 2.44. The van der Waals surface area contributed by atoms with Crippen molar-refractivity contribution in [3.8, 4) is 0 Å².